The number of hydrogen-bond donors (Lipinski definition) is 1. The summed E-state index contributed by atoms with van der Waals surface area (Å²) in [7, 11) is -3.59. The van der Waals surface area contributed by atoms with Crippen molar-refractivity contribution in [3.63, 3.8) is 0 Å². The van der Waals surface area contributed by atoms with Gasteiger partial charge in [0.1, 0.15) is 6.54 Å². The molecule has 0 aromatic heterocycles. The Bertz CT molecular complexity index is 933. The molecule has 2 rings (SSSR count). The molecule has 2 aromatic carbocycles. The summed E-state index contributed by atoms with van der Waals surface area (Å²) in [5.74, 6) is -0.314. The molecule has 2 aromatic rings. The smallest absolute Gasteiger partial charge is 0.240 e. The first kappa shape index (κ1) is 22.9. The Morgan fingerprint density at radius 1 is 1.07 bits per heavy atom. The molecule has 0 saturated carbocycles. The maximum atomic E-state index is 12.7. The summed E-state index contributed by atoms with van der Waals surface area (Å²) in [6.45, 7) is 9.81. The zero-order chi connectivity index (χ0) is 21.8. The molecule has 158 valence electrons. The highest BCUT2D eigenvalue weighted by atomic mass is 32.2. The fourth-order valence-electron chi connectivity index (χ4n) is 3.77. The van der Waals surface area contributed by atoms with Gasteiger partial charge < -0.3 is 5.32 Å². The van der Waals surface area contributed by atoms with Crippen LogP contribution in [0.25, 0.3) is 0 Å². The van der Waals surface area contributed by atoms with Crippen LogP contribution >= 0.6 is 0 Å². The maximum absolute atomic E-state index is 12.7. The van der Waals surface area contributed by atoms with Gasteiger partial charge in [-0.05, 0) is 61.4 Å². The molecule has 0 aliphatic heterocycles. The van der Waals surface area contributed by atoms with E-state index in [1.807, 2.05) is 45.0 Å². The lowest BCUT2D eigenvalue weighted by Crippen LogP contribution is -2.44. The van der Waals surface area contributed by atoms with Gasteiger partial charge in [0.05, 0.1) is 11.9 Å². The molecule has 6 heteroatoms. The van der Waals surface area contributed by atoms with Crippen LogP contribution in [0.5, 0.6) is 0 Å². The number of nitrogens with one attached hydrogen (secondary N) is 1. The largest absolute Gasteiger partial charge is 0.352 e. The monoisotopic (exact) mass is 416 g/mol. The van der Waals surface area contributed by atoms with Crippen LogP contribution in [0.15, 0.2) is 48.5 Å². The zero-order valence-electron chi connectivity index (χ0n) is 18.2. The first-order valence-corrected chi connectivity index (χ1v) is 11.6. The summed E-state index contributed by atoms with van der Waals surface area (Å²) >= 11 is 0. The third-order valence-corrected chi connectivity index (χ3v) is 6.10. The number of amides is 1. The number of rotatable bonds is 8. The Balaban J connectivity index is 2.10. The Morgan fingerprint density at radius 2 is 1.62 bits per heavy atom. The number of hydrogen-bond acceptors (Lipinski definition) is 3. The number of sulfonamides is 1. The summed E-state index contributed by atoms with van der Waals surface area (Å²) < 4.78 is 25.8. The topological polar surface area (TPSA) is 66.5 Å². The van der Waals surface area contributed by atoms with Crippen molar-refractivity contribution in [1.82, 2.24) is 5.32 Å². The first-order chi connectivity index (χ1) is 13.4. The van der Waals surface area contributed by atoms with Gasteiger partial charge in [-0.1, -0.05) is 50.2 Å². The second-order valence-electron chi connectivity index (χ2n) is 8.54. The number of carbonyl (C=O) groups excluding carboxylic acids is 1. The van der Waals surface area contributed by atoms with Gasteiger partial charge >= 0.3 is 0 Å². The fourth-order valence-corrected chi connectivity index (χ4v) is 4.61. The molecule has 0 aliphatic rings. The molecular formula is C23H32N2O3S. The summed E-state index contributed by atoms with van der Waals surface area (Å²) in [4.78, 5) is 12.7. The van der Waals surface area contributed by atoms with E-state index in [0.29, 0.717) is 5.69 Å². The average Bonchev–Trinajstić information content (AvgIpc) is 2.58. The van der Waals surface area contributed by atoms with Gasteiger partial charge in [0.2, 0.25) is 15.9 Å². The minimum atomic E-state index is -3.59. The fraction of sp³-hybridized carbons (Fsp3) is 0.435. The molecule has 29 heavy (non-hydrogen) atoms. The third kappa shape index (κ3) is 6.60. The maximum Gasteiger partial charge on any atom is 0.240 e. The van der Waals surface area contributed by atoms with E-state index in [-0.39, 0.29) is 23.9 Å². The van der Waals surface area contributed by atoms with Crippen molar-refractivity contribution in [1.29, 1.82) is 0 Å². The molecule has 0 radical (unpaired) electrons. The summed E-state index contributed by atoms with van der Waals surface area (Å²) in [6, 6.07) is 15.6. The minimum Gasteiger partial charge on any atom is -0.352 e. The summed E-state index contributed by atoms with van der Waals surface area (Å²) in [5, 5.41) is 2.96. The lowest BCUT2D eigenvalue weighted by Gasteiger charge is -2.30. The summed E-state index contributed by atoms with van der Waals surface area (Å²) in [6.07, 6.45) is 1.87. The molecule has 0 aliphatic carbocycles. The van der Waals surface area contributed by atoms with E-state index in [9.17, 15) is 13.2 Å². The van der Waals surface area contributed by atoms with Gasteiger partial charge in [0.25, 0.3) is 0 Å². The van der Waals surface area contributed by atoms with Crippen LogP contribution in [0.1, 0.15) is 43.9 Å². The first-order valence-electron chi connectivity index (χ1n) is 9.79. The van der Waals surface area contributed by atoms with Gasteiger partial charge in [-0.25, -0.2) is 8.42 Å². The Hall–Kier alpha value is -2.34. The van der Waals surface area contributed by atoms with Crippen molar-refractivity contribution < 1.29 is 13.2 Å². The zero-order valence-corrected chi connectivity index (χ0v) is 19.0. The number of aryl methyl sites for hydroxylation is 2. The van der Waals surface area contributed by atoms with Crippen LogP contribution in [0.4, 0.5) is 5.69 Å². The van der Waals surface area contributed by atoms with Crippen LogP contribution < -0.4 is 9.62 Å². The second kappa shape index (κ2) is 8.99. The molecule has 1 atom stereocenters. The quantitative estimate of drug-likeness (QED) is 0.709. The van der Waals surface area contributed by atoms with Crippen LogP contribution in [-0.4, -0.2) is 33.2 Å². The molecule has 5 nitrogen and oxygen atoms in total. The van der Waals surface area contributed by atoms with Crippen LogP contribution in [0, 0.1) is 13.8 Å². The highest BCUT2D eigenvalue weighted by Crippen LogP contribution is 2.28. The Kier molecular flexibility index (Phi) is 7.11. The number of nitrogens with zero attached hydrogens (tertiary/aromatic N) is 1. The van der Waals surface area contributed by atoms with E-state index >= 15 is 0 Å². The van der Waals surface area contributed by atoms with Crippen molar-refractivity contribution >= 4 is 21.6 Å². The van der Waals surface area contributed by atoms with Crippen molar-refractivity contribution in [2.45, 2.75) is 52.5 Å². The minimum absolute atomic E-state index is 0.0987. The highest BCUT2D eigenvalue weighted by molar-refractivity contribution is 7.92. The average molecular weight is 417 g/mol. The summed E-state index contributed by atoms with van der Waals surface area (Å²) in [5.41, 5.74) is 3.50. The predicted molar refractivity (Wildman–Crippen MR) is 120 cm³/mol. The van der Waals surface area contributed by atoms with E-state index in [2.05, 4.69) is 31.3 Å². The van der Waals surface area contributed by atoms with Gasteiger partial charge in [-0.15, -0.1) is 0 Å². The van der Waals surface area contributed by atoms with E-state index < -0.39 is 10.0 Å². The van der Waals surface area contributed by atoms with Gasteiger partial charge in [-0.2, -0.15) is 0 Å². The van der Waals surface area contributed by atoms with E-state index in [1.54, 1.807) is 12.1 Å². The number of carbonyl (C=O) groups is 1. The van der Waals surface area contributed by atoms with E-state index in [0.717, 1.165) is 28.1 Å². The lowest BCUT2D eigenvalue weighted by molar-refractivity contribution is -0.120. The van der Waals surface area contributed by atoms with Gasteiger partial charge in [0.15, 0.2) is 0 Å². The van der Waals surface area contributed by atoms with Crippen LogP contribution in [-0.2, 0) is 20.2 Å². The molecular weight excluding hydrogens is 384 g/mol. The lowest BCUT2D eigenvalue weighted by atomic mass is 9.79. The molecule has 0 fully saturated rings. The van der Waals surface area contributed by atoms with Crippen molar-refractivity contribution in [2.75, 3.05) is 17.1 Å². The van der Waals surface area contributed by atoms with E-state index in [1.165, 1.54) is 5.56 Å². The van der Waals surface area contributed by atoms with Crippen molar-refractivity contribution in [2.24, 2.45) is 0 Å². The van der Waals surface area contributed by atoms with Crippen molar-refractivity contribution in [3.05, 3.63) is 65.2 Å². The molecule has 0 heterocycles. The molecule has 1 amide bonds. The SMILES string of the molecule is Cc1cc(C)cc(N(CC(=O)NC(C)CC(C)(C)c2ccccc2)S(C)(=O)=O)c1. The number of anilines is 1. The van der Waals surface area contributed by atoms with Gasteiger partial charge in [0, 0.05) is 6.04 Å². The molecule has 1 unspecified atom stereocenters. The predicted octanol–water partition coefficient (Wildman–Crippen LogP) is 3.94. The number of benzene rings is 2. The molecule has 0 spiro atoms. The van der Waals surface area contributed by atoms with E-state index in [4.69, 9.17) is 0 Å². The highest BCUT2D eigenvalue weighted by Gasteiger charge is 2.26. The normalized spacial score (nSPS) is 13.0. The standard InChI is InChI=1S/C23H32N2O3S/c1-17-12-18(2)14-21(13-17)25(29(6,27)28)16-22(26)24-19(3)15-23(4,5)20-10-8-7-9-11-20/h7-14,19H,15-16H2,1-6H3,(H,24,26). The molecule has 1 N–H and O–H groups in total. The molecule has 0 bridgehead atoms. The van der Waals surface area contributed by atoms with Crippen LogP contribution in [0.2, 0.25) is 0 Å². The van der Waals surface area contributed by atoms with Gasteiger partial charge in [-0.3, -0.25) is 9.10 Å². The Morgan fingerprint density at radius 3 is 2.14 bits per heavy atom. The van der Waals surface area contributed by atoms with Crippen molar-refractivity contribution in [3.8, 4) is 0 Å². The third-order valence-electron chi connectivity index (χ3n) is 4.96. The van der Waals surface area contributed by atoms with Crippen LogP contribution in [0.3, 0.4) is 0 Å². The Labute approximate surface area is 175 Å². The second-order valence-corrected chi connectivity index (χ2v) is 10.4. The molecule has 0 saturated heterocycles.